The third-order valence-electron chi connectivity index (χ3n) is 4.87. The fraction of sp³-hybridized carbons (Fsp3) is 0.227. The second-order valence-corrected chi connectivity index (χ2v) is 7.68. The summed E-state index contributed by atoms with van der Waals surface area (Å²) in [5, 5.41) is 9.29. The van der Waals surface area contributed by atoms with Crippen LogP contribution in [0.5, 0.6) is 11.5 Å². The molecule has 8 nitrogen and oxygen atoms in total. The van der Waals surface area contributed by atoms with Crippen molar-refractivity contribution in [1.82, 2.24) is 4.90 Å². The Morgan fingerprint density at radius 1 is 1.19 bits per heavy atom. The van der Waals surface area contributed by atoms with E-state index < -0.39 is 11.7 Å². The van der Waals surface area contributed by atoms with E-state index in [9.17, 15) is 9.18 Å². The van der Waals surface area contributed by atoms with Crippen LogP contribution in [0.15, 0.2) is 53.0 Å². The molecule has 32 heavy (non-hydrogen) atoms. The second kappa shape index (κ2) is 10.0. The van der Waals surface area contributed by atoms with Crippen LogP contribution in [0.4, 0.5) is 4.39 Å². The number of carbonyl (C=O) groups is 1. The van der Waals surface area contributed by atoms with Crippen LogP contribution in [0.2, 0.25) is 5.02 Å². The lowest BCUT2D eigenvalue weighted by Crippen LogP contribution is -2.37. The Hall–Kier alpha value is -3.77. The Balaban J connectivity index is 1.83. The number of primary amides is 1. The van der Waals surface area contributed by atoms with Crippen molar-refractivity contribution >= 4 is 29.0 Å². The number of benzene rings is 2. The lowest BCUT2D eigenvalue weighted by atomic mass is 10.0. The molecule has 0 radical (unpaired) electrons. The number of ether oxygens (including phenoxy) is 1. The van der Waals surface area contributed by atoms with Crippen LogP contribution >= 0.6 is 11.6 Å². The second-order valence-electron chi connectivity index (χ2n) is 7.24. The minimum atomic E-state index is -0.813. The predicted octanol–water partition coefficient (Wildman–Crippen LogP) is 2.73. The van der Waals surface area contributed by atoms with E-state index in [1.807, 2.05) is 0 Å². The Labute approximate surface area is 189 Å². The molecule has 0 aromatic heterocycles. The first-order chi connectivity index (χ1) is 15.3. The highest BCUT2D eigenvalue weighted by Gasteiger charge is 2.22. The van der Waals surface area contributed by atoms with E-state index in [0.717, 1.165) is 12.8 Å². The molecule has 1 saturated heterocycles. The number of nitrogens with zero attached hydrogens (tertiary/aromatic N) is 3. The highest BCUT2D eigenvalue weighted by atomic mass is 35.5. The number of rotatable bonds is 6. The van der Waals surface area contributed by atoms with Crippen LogP contribution in [0.3, 0.4) is 0 Å². The van der Waals surface area contributed by atoms with Crippen LogP contribution in [0, 0.1) is 17.3 Å². The van der Waals surface area contributed by atoms with Crippen molar-refractivity contribution in [1.29, 1.82) is 5.26 Å². The molecule has 1 unspecified atom stereocenters. The van der Waals surface area contributed by atoms with E-state index in [1.54, 1.807) is 29.2 Å². The van der Waals surface area contributed by atoms with E-state index in [1.165, 1.54) is 18.2 Å². The normalized spacial score (nSPS) is 17.3. The van der Waals surface area contributed by atoms with E-state index in [2.05, 4.69) is 11.2 Å². The third kappa shape index (κ3) is 5.68. The van der Waals surface area contributed by atoms with Gasteiger partial charge >= 0.3 is 0 Å². The molecule has 1 heterocycles. The van der Waals surface area contributed by atoms with Gasteiger partial charge in [0, 0.05) is 17.6 Å². The molecule has 0 bridgehead atoms. The lowest BCUT2D eigenvalue weighted by molar-refractivity contribution is -0.114. The monoisotopic (exact) mass is 456 g/mol. The van der Waals surface area contributed by atoms with Crippen molar-refractivity contribution in [3.05, 3.63) is 64.4 Å². The summed E-state index contributed by atoms with van der Waals surface area (Å²) < 4.78 is 19.1. The number of amides is 1. The van der Waals surface area contributed by atoms with Gasteiger partial charge in [0.25, 0.3) is 5.91 Å². The zero-order chi connectivity index (χ0) is 23.3. The lowest BCUT2D eigenvalue weighted by Gasteiger charge is -2.26. The van der Waals surface area contributed by atoms with Gasteiger partial charge in [-0.2, -0.15) is 5.26 Å². The van der Waals surface area contributed by atoms with Crippen LogP contribution in [0.25, 0.3) is 5.70 Å². The van der Waals surface area contributed by atoms with Crippen molar-refractivity contribution in [2.75, 3.05) is 13.1 Å². The number of piperidine rings is 1. The minimum absolute atomic E-state index is 0.0621. The molecule has 1 amide bonds. The van der Waals surface area contributed by atoms with Crippen molar-refractivity contribution < 1.29 is 13.9 Å². The maximum atomic E-state index is 13.5. The molecule has 0 aliphatic carbocycles. The van der Waals surface area contributed by atoms with Gasteiger partial charge in [-0.05, 0) is 54.8 Å². The molecular formula is C22H22ClFN6O2. The van der Waals surface area contributed by atoms with Gasteiger partial charge in [-0.25, -0.2) is 4.39 Å². The fourth-order valence-electron chi connectivity index (χ4n) is 3.38. The van der Waals surface area contributed by atoms with Gasteiger partial charge in [-0.1, -0.05) is 11.6 Å². The van der Waals surface area contributed by atoms with Gasteiger partial charge in [0.1, 0.15) is 28.7 Å². The third-order valence-corrected chi connectivity index (χ3v) is 5.09. The zero-order valence-electron chi connectivity index (χ0n) is 17.1. The van der Waals surface area contributed by atoms with Crippen molar-refractivity contribution in [3.8, 4) is 17.7 Å². The number of halogens is 2. The first-order valence-corrected chi connectivity index (χ1v) is 10.2. The van der Waals surface area contributed by atoms with Gasteiger partial charge in [-0.15, -0.1) is 0 Å². The Morgan fingerprint density at radius 2 is 1.91 bits per heavy atom. The summed E-state index contributed by atoms with van der Waals surface area (Å²) in [6, 6.07) is 10.0. The SMILES string of the molecule is N#CN1CCCC(N=C(N)C(C(N)=O)=C(N)c2ccc(Oc3cc(F)cc(Cl)c3)cc2)C1. The maximum absolute atomic E-state index is 13.5. The molecule has 1 atom stereocenters. The Kier molecular flexibility index (Phi) is 7.18. The highest BCUT2D eigenvalue weighted by Crippen LogP contribution is 2.27. The molecule has 6 N–H and O–H groups in total. The van der Waals surface area contributed by atoms with Crippen molar-refractivity contribution in [3.63, 3.8) is 0 Å². The van der Waals surface area contributed by atoms with Crippen molar-refractivity contribution in [2.45, 2.75) is 18.9 Å². The summed E-state index contributed by atoms with van der Waals surface area (Å²) in [7, 11) is 0. The molecule has 3 rings (SSSR count). The average molecular weight is 457 g/mol. The van der Waals surface area contributed by atoms with Crippen LogP contribution < -0.4 is 21.9 Å². The van der Waals surface area contributed by atoms with Gasteiger partial charge in [0.2, 0.25) is 0 Å². The molecule has 1 aliphatic heterocycles. The van der Waals surface area contributed by atoms with Crippen molar-refractivity contribution in [2.24, 2.45) is 22.2 Å². The van der Waals surface area contributed by atoms with Gasteiger partial charge < -0.3 is 26.8 Å². The summed E-state index contributed by atoms with van der Waals surface area (Å²) in [4.78, 5) is 18.1. The van der Waals surface area contributed by atoms with E-state index in [0.29, 0.717) is 24.4 Å². The molecule has 0 saturated carbocycles. The standard InChI is InChI=1S/C22H22ClFN6O2/c23-14-8-15(24)10-18(9-14)32-17-5-3-13(4-6-17)20(26)19(22(28)31)21(27)29-16-2-1-7-30(11-16)12-25/h3-6,8-10,16H,1-2,7,11,26H2,(H2,27,29)(H2,28,31). The minimum Gasteiger partial charge on any atom is -0.457 e. The molecule has 166 valence electrons. The summed E-state index contributed by atoms with van der Waals surface area (Å²) in [5.41, 5.74) is 18.2. The zero-order valence-corrected chi connectivity index (χ0v) is 17.8. The number of nitrogens with two attached hydrogens (primary N) is 3. The maximum Gasteiger partial charge on any atom is 0.254 e. The highest BCUT2D eigenvalue weighted by molar-refractivity contribution is 6.30. The number of carbonyl (C=O) groups excluding carboxylic acids is 1. The van der Waals surface area contributed by atoms with Gasteiger partial charge in [-0.3, -0.25) is 9.79 Å². The van der Waals surface area contributed by atoms with Gasteiger partial charge in [0.15, 0.2) is 6.19 Å². The number of nitriles is 1. The topological polar surface area (TPSA) is 144 Å². The van der Waals surface area contributed by atoms with E-state index in [4.69, 9.17) is 38.8 Å². The Bertz CT molecular complexity index is 1090. The van der Waals surface area contributed by atoms with Crippen LogP contribution in [0.1, 0.15) is 18.4 Å². The molecule has 1 fully saturated rings. The van der Waals surface area contributed by atoms with Crippen LogP contribution in [-0.4, -0.2) is 35.8 Å². The summed E-state index contributed by atoms with van der Waals surface area (Å²) in [6.07, 6.45) is 3.62. The fourth-order valence-corrected chi connectivity index (χ4v) is 3.59. The first-order valence-electron chi connectivity index (χ1n) is 9.79. The largest absolute Gasteiger partial charge is 0.457 e. The number of amidine groups is 1. The summed E-state index contributed by atoms with van der Waals surface area (Å²) >= 11 is 5.84. The molecule has 0 spiro atoms. The number of likely N-dealkylation sites (tertiary alicyclic amines) is 1. The van der Waals surface area contributed by atoms with Crippen LogP contribution in [-0.2, 0) is 4.79 Å². The quantitative estimate of drug-likeness (QED) is 0.264. The average Bonchev–Trinajstić information content (AvgIpc) is 2.73. The smallest absolute Gasteiger partial charge is 0.254 e. The molecular weight excluding hydrogens is 435 g/mol. The molecule has 2 aromatic rings. The molecule has 2 aromatic carbocycles. The number of aliphatic imine (C=N–C) groups is 1. The van der Waals surface area contributed by atoms with Gasteiger partial charge in [0.05, 0.1) is 18.3 Å². The molecule has 10 heteroatoms. The molecule has 1 aliphatic rings. The predicted molar refractivity (Wildman–Crippen MR) is 120 cm³/mol. The first kappa shape index (κ1) is 22.9. The van der Waals surface area contributed by atoms with E-state index >= 15 is 0 Å². The number of hydrogen-bond acceptors (Lipinski definition) is 6. The van der Waals surface area contributed by atoms with E-state index in [-0.39, 0.29) is 33.9 Å². The number of hydrogen-bond donors (Lipinski definition) is 3. The summed E-state index contributed by atoms with van der Waals surface area (Å²) in [5.74, 6) is -0.766. The Morgan fingerprint density at radius 3 is 2.53 bits per heavy atom. The summed E-state index contributed by atoms with van der Waals surface area (Å²) in [6.45, 7) is 1.08.